The average molecular weight is 310 g/mol. The van der Waals surface area contributed by atoms with Crippen LogP contribution in [0.25, 0.3) is 0 Å². The lowest BCUT2D eigenvalue weighted by atomic mass is 9.78. The SMILES string of the molecule is CCCNCC1(OCc2cccc(Cl)c2)CCCC(C)C1. The number of ether oxygens (including phenoxy) is 1. The van der Waals surface area contributed by atoms with E-state index in [0.717, 1.165) is 42.4 Å². The van der Waals surface area contributed by atoms with Crippen molar-refractivity contribution in [3.8, 4) is 0 Å². The molecule has 1 aliphatic rings. The fourth-order valence-electron chi connectivity index (χ4n) is 3.31. The van der Waals surface area contributed by atoms with Gasteiger partial charge >= 0.3 is 0 Å². The smallest absolute Gasteiger partial charge is 0.0813 e. The van der Waals surface area contributed by atoms with Crippen LogP contribution in [0, 0.1) is 5.92 Å². The Morgan fingerprint density at radius 2 is 2.29 bits per heavy atom. The molecule has 0 radical (unpaired) electrons. The molecule has 0 heterocycles. The van der Waals surface area contributed by atoms with Gasteiger partial charge in [-0.05, 0) is 49.4 Å². The van der Waals surface area contributed by atoms with Gasteiger partial charge in [0.25, 0.3) is 0 Å². The van der Waals surface area contributed by atoms with Gasteiger partial charge < -0.3 is 10.1 Å². The minimum atomic E-state index is -0.00481. The normalized spacial score (nSPS) is 26.0. The molecule has 1 saturated carbocycles. The van der Waals surface area contributed by atoms with E-state index in [1.54, 1.807) is 0 Å². The van der Waals surface area contributed by atoms with Gasteiger partial charge in [-0.25, -0.2) is 0 Å². The molecule has 0 bridgehead atoms. The third-order valence-electron chi connectivity index (χ3n) is 4.36. The molecule has 1 fully saturated rings. The monoisotopic (exact) mass is 309 g/mol. The molecule has 2 rings (SSSR count). The van der Waals surface area contributed by atoms with E-state index in [-0.39, 0.29) is 5.60 Å². The fraction of sp³-hybridized carbons (Fsp3) is 0.667. The van der Waals surface area contributed by atoms with Crippen LogP contribution in [0.1, 0.15) is 51.5 Å². The first-order valence-electron chi connectivity index (χ1n) is 8.23. The summed E-state index contributed by atoms with van der Waals surface area (Å²) >= 11 is 6.06. The Bertz CT molecular complexity index is 437. The Labute approximate surface area is 134 Å². The van der Waals surface area contributed by atoms with E-state index in [1.807, 2.05) is 18.2 Å². The molecule has 0 aliphatic heterocycles. The zero-order valence-corrected chi connectivity index (χ0v) is 14.1. The highest BCUT2D eigenvalue weighted by atomic mass is 35.5. The maximum atomic E-state index is 6.41. The Balaban J connectivity index is 1.97. The first-order chi connectivity index (χ1) is 10.1. The predicted molar refractivity (Wildman–Crippen MR) is 89.8 cm³/mol. The van der Waals surface area contributed by atoms with Crippen LogP contribution in [-0.4, -0.2) is 18.7 Å². The quantitative estimate of drug-likeness (QED) is 0.730. The lowest BCUT2D eigenvalue weighted by Crippen LogP contribution is -2.46. The summed E-state index contributed by atoms with van der Waals surface area (Å²) in [5.74, 6) is 0.751. The molecule has 1 aromatic carbocycles. The van der Waals surface area contributed by atoms with Gasteiger partial charge in [-0.2, -0.15) is 0 Å². The molecule has 0 spiro atoms. The molecule has 118 valence electrons. The molecule has 0 saturated heterocycles. The molecular weight excluding hydrogens is 282 g/mol. The first kappa shape index (κ1) is 16.8. The molecule has 2 atom stereocenters. The Morgan fingerprint density at radius 1 is 1.43 bits per heavy atom. The molecule has 1 aromatic rings. The third kappa shape index (κ3) is 5.28. The fourth-order valence-corrected chi connectivity index (χ4v) is 3.52. The van der Waals surface area contributed by atoms with Crippen LogP contribution < -0.4 is 5.32 Å². The zero-order valence-electron chi connectivity index (χ0n) is 13.3. The van der Waals surface area contributed by atoms with Crippen LogP contribution in [0.15, 0.2) is 24.3 Å². The number of hydrogen-bond acceptors (Lipinski definition) is 2. The molecule has 3 heteroatoms. The highest BCUT2D eigenvalue weighted by Gasteiger charge is 2.35. The molecule has 2 nitrogen and oxygen atoms in total. The summed E-state index contributed by atoms with van der Waals surface area (Å²) in [6, 6.07) is 7.99. The van der Waals surface area contributed by atoms with Crippen LogP contribution >= 0.6 is 11.6 Å². The van der Waals surface area contributed by atoms with Crippen molar-refractivity contribution in [1.29, 1.82) is 0 Å². The van der Waals surface area contributed by atoms with E-state index >= 15 is 0 Å². The molecule has 2 unspecified atom stereocenters. The van der Waals surface area contributed by atoms with Crippen LogP contribution in [0.4, 0.5) is 0 Å². The summed E-state index contributed by atoms with van der Waals surface area (Å²) in [7, 11) is 0. The van der Waals surface area contributed by atoms with Crippen molar-refractivity contribution in [2.75, 3.05) is 13.1 Å². The highest BCUT2D eigenvalue weighted by molar-refractivity contribution is 6.30. The van der Waals surface area contributed by atoms with Gasteiger partial charge in [0.2, 0.25) is 0 Å². The Hall–Kier alpha value is -0.570. The van der Waals surface area contributed by atoms with Gasteiger partial charge in [-0.1, -0.05) is 50.4 Å². The maximum Gasteiger partial charge on any atom is 0.0813 e. The van der Waals surface area contributed by atoms with Crippen molar-refractivity contribution < 1.29 is 4.74 Å². The minimum Gasteiger partial charge on any atom is -0.369 e. The second kappa shape index (κ2) is 8.17. The van der Waals surface area contributed by atoms with Crippen molar-refractivity contribution in [2.45, 2.75) is 58.2 Å². The summed E-state index contributed by atoms with van der Waals surface area (Å²) in [5, 5.41) is 4.35. The molecule has 1 N–H and O–H groups in total. The van der Waals surface area contributed by atoms with E-state index in [1.165, 1.54) is 19.3 Å². The summed E-state index contributed by atoms with van der Waals surface area (Å²) in [5.41, 5.74) is 1.16. The van der Waals surface area contributed by atoms with Gasteiger partial charge in [0.15, 0.2) is 0 Å². The van der Waals surface area contributed by atoms with Gasteiger partial charge in [-0.3, -0.25) is 0 Å². The summed E-state index contributed by atoms with van der Waals surface area (Å²) in [4.78, 5) is 0. The minimum absolute atomic E-state index is 0.00481. The summed E-state index contributed by atoms with van der Waals surface area (Å²) in [6.45, 7) is 7.23. The van der Waals surface area contributed by atoms with E-state index in [2.05, 4.69) is 25.2 Å². The van der Waals surface area contributed by atoms with E-state index in [0.29, 0.717) is 6.61 Å². The molecule has 1 aliphatic carbocycles. The number of nitrogens with one attached hydrogen (secondary N) is 1. The van der Waals surface area contributed by atoms with Crippen LogP contribution in [0.5, 0.6) is 0 Å². The second-order valence-electron chi connectivity index (χ2n) is 6.48. The van der Waals surface area contributed by atoms with Crippen molar-refractivity contribution in [3.05, 3.63) is 34.9 Å². The van der Waals surface area contributed by atoms with Crippen molar-refractivity contribution >= 4 is 11.6 Å². The maximum absolute atomic E-state index is 6.41. The van der Waals surface area contributed by atoms with E-state index < -0.39 is 0 Å². The second-order valence-corrected chi connectivity index (χ2v) is 6.92. The third-order valence-corrected chi connectivity index (χ3v) is 4.59. The lowest BCUT2D eigenvalue weighted by molar-refractivity contribution is -0.0888. The van der Waals surface area contributed by atoms with Crippen molar-refractivity contribution in [2.24, 2.45) is 5.92 Å². The van der Waals surface area contributed by atoms with Crippen LogP contribution in [0.3, 0.4) is 0 Å². The lowest BCUT2D eigenvalue weighted by Gasteiger charge is -2.40. The van der Waals surface area contributed by atoms with Crippen LogP contribution in [-0.2, 0) is 11.3 Å². The first-order valence-corrected chi connectivity index (χ1v) is 8.60. The van der Waals surface area contributed by atoms with Crippen LogP contribution in [0.2, 0.25) is 5.02 Å². The number of hydrogen-bond donors (Lipinski definition) is 1. The van der Waals surface area contributed by atoms with Crippen molar-refractivity contribution in [3.63, 3.8) is 0 Å². The van der Waals surface area contributed by atoms with Crippen molar-refractivity contribution in [1.82, 2.24) is 5.32 Å². The summed E-state index contributed by atoms with van der Waals surface area (Å²) < 4.78 is 6.41. The van der Waals surface area contributed by atoms with Gasteiger partial charge in [0.05, 0.1) is 12.2 Å². The van der Waals surface area contributed by atoms with Gasteiger partial charge in [0, 0.05) is 11.6 Å². The standard InChI is InChI=1S/C18H28ClNO/c1-3-10-20-14-18(9-5-6-15(2)12-18)21-13-16-7-4-8-17(19)11-16/h4,7-8,11,15,20H,3,5-6,9-10,12-14H2,1-2H3. The number of benzene rings is 1. The zero-order chi connectivity index (χ0) is 15.1. The highest BCUT2D eigenvalue weighted by Crippen LogP contribution is 2.35. The Kier molecular flexibility index (Phi) is 6.53. The average Bonchev–Trinajstić information content (AvgIpc) is 2.46. The molecule has 0 amide bonds. The largest absolute Gasteiger partial charge is 0.369 e. The number of rotatable bonds is 7. The van der Waals surface area contributed by atoms with Gasteiger partial charge in [0.1, 0.15) is 0 Å². The molecular formula is C18H28ClNO. The van der Waals surface area contributed by atoms with E-state index in [9.17, 15) is 0 Å². The predicted octanol–water partition coefficient (Wildman–Crippen LogP) is 4.81. The molecule has 0 aromatic heterocycles. The summed E-state index contributed by atoms with van der Waals surface area (Å²) in [6.07, 6.45) is 6.08. The molecule has 21 heavy (non-hydrogen) atoms. The topological polar surface area (TPSA) is 21.3 Å². The van der Waals surface area contributed by atoms with E-state index in [4.69, 9.17) is 16.3 Å². The van der Waals surface area contributed by atoms with Gasteiger partial charge in [-0.15, -0.1) is 0 Å². The Morgan fingerprint density at radius 3 is 3.00 bits per heavy atom. The number of halogens is 1.